The highest BCUT2D eigenvalue weighted by Crippen LogP contribution is 2.28. The first-order valence-electron chi connectivity index (χ1n) is 7.91. The quantitative estimate of drug-likeness (QED) is 0.664. The second kappa shape index (κ2) is 6.29. The van der Waals surface area contributed by atoms with E-state index in [0.29, 0.717) is 5.75 Å². The summed E-state index contributed by atoms with van der Waals surface area (Å²) in [7, 11) is 0. The van der Waals surface area contributed by atoms with Gasteiger partial charge in [0.2, 0.25) is 0 Å². The van der Waals surface area contributed by atoms with Gasteiger partial charge in [0.1, 0.15) is 5.75 Å². The standard InChI is InChI=1S/C20H16BrNO2/c21-17-7-5-16-12-18(8-6-15(16)11-17)24-13-20(23)22-10-9-14-3-1-2-4-19(14)22/h1-8,11-12H,9-10,13H2. The number of rotatable bonds is 3. The number of amides is 1. The summed E-state index contributed by atoms with van der Waals surface area (Å²) >= 11 is 3.47. The molecule has 0 aliphatic carbocycles. The largest absolute Gasteiger partial charge is 0.484 e. The Morgan fingerprint density at radius 3 is 2.75 bits per heavy atom. The van der Waals surface area contributed by atoms with Gasteiger partial charge in [0.15, 0.2) is 6.61 Å². The van der Waals surface area contributed by atoms with Gasteiger partial charge in [0, 0.05) is 16.7 Å². The molecule has 0 saturated carbocycles. The van der Waals surface area contributed by atoms with Crippen LogP contribution in [0.1, 0.15) is 5.56 Å². The number of para-hydroxylation sites is 1. The predicted octanol–water partition coefficient (Wildman–Crippen LogP) is 4.57. The minimum atomic E-state index is -0.00384. The lowest BCUT2D eigenvalue weighted by molar-refractivity contribution is -0.120. The highest BCUT2D eigenvalue weighted by Gasteiger charge is 2.24. The number of nitrogens with zero attached hydrogens (tertiary/aromatic N) is 1. The van der Waals surface area contributed by atoms with E-state index in [4.69, 9.17) is 4.74 Å². The van der Waals surface area contributed by atoms with Crippen LogP contribution in [0.4, 0.5) is 5.69 Å². The fourth-order valence-corrected chi connectivity index (χ4v) is 3.48. The molecule has 1 aliphatic rings. The molecule has 3 aromatic carbocycles. The summed E-state index contributed by atoms with van der Waals surface area (Å²) < 4.78 is 6.78. The second-order valence-electron chi connectivity index (χ2n) is 5.87. The van der Waals surface area contributed by atoms with Crippen molar-refractivity contribution in [3.8, 4) is 5.75 Å². The first-order valence-corrected chi connectivity index (χ1v) is 8.70. The number of fused-ring (bicyclic) bond motifs is 2. The van der Waals surface area contributed by atoms with Gasteiger partial charge in [-0.15, -0.1) is 0 Å². The number of carbonyl (C=O) groups is 1. The van der Waals surface area contributed by atoms with Gasteiger partial charge >= 0.3 is 0 Å². The fourth-order valence-electron chi connectivity index (χ4n) is 3.10. The lowest BCUT2D eigenvalue weighted by Crippen LogP contribution is -2.33. The smallest absolute Gasteiger partial charge is 0.264 e. The topological polar surface area (TPSA) is 29.5 Å². The third-order valence-corrected chi connectivity index (χ3v) is 4.82. The van der Waals surface area contributed by atoms with E-state index in [1.54, 1.807) is 0 Å². The third-order valence-electron chi connectivity index (χ3n) is 4.32. The molecule has 1 amide bonds. The molecule has 0 unspecified atom stereocenters. The van der Waals surface area contributed by atoms with Crippen LogP contribution >= 0.6 is 15.9 Å². The Kier molecular flexibility index (Phi) is 3.98. The summed E-state index contributed by atoms with van der Waals surface area (Å²) in [4.78, 5) is 14.3. The molecule has 3 aromatic rings. The van der Waals surface area contributed by atoms with Gasteiger partial charge in [0.05, 0.1) is 0 Å². The van der Waals surface area contributed by atoms with Crippen LogP contribution in [-0.2, 0) is 11.2 Å². The van der Waals surface area contributed by atoms with Gasteiger partial charge < -0.3 is 9.64 Å². The van der Waals surface area contributed by atoms with E-state index in [1.807, 2.05) is 53.4 Å². The van der Waals surface area contributed by atoms with E-state index in [0.717, 1.165) is 33.9 Å². The van der Waals surface area contributed by atoms with Crippen molar-refractivity contribution in [2.45, 2.75) is 6.42 Å². The highest BCUT2D eigenvalue weighted by molar-refractivity contribution is 9.10. The molecule has 0 N–H and O–H groups in total. The van der Waals surface area contributed by atoms with Crippen LogP contribution in [0.15, 0.2) is 65.1 Å². The number of carbonyl (C=O) groups excluding carboxylic acids is 1. The Hall–Kier alpha value is -2.33. The number of anilines is 1. The molecule has 1 aliphatic heterocycles. The van der Waals surface area contributed by atoms with Crippen molar-refractivity contribution < 1.29 is 9.53 Å². The SMILES string of the molecule is O=C(COc1ccc2cc(Br)ccc2c1)N1CCc2ccccc21. The van der Waals surface area contributed by atoms with Gasteiger partial charge in [-0.25, -0.2) is 0 Å². The van der Waals surface area contributed by atoms with Crippen molar-refractivity contribution in [1.82, 2.24) is 0 Å². The van der Waals surface area contributed by atoms with Crippen LogP contribution in [0, 0.1) is 0 Å². The molecule has 1 heterocycles. The van der Waals surface area contributed by atoms with Crippen molar-refractivity contribution in [2.75, 3.05) is 18.1 Å². The van der Waals surface area contributed by atoms with Gasteiger partial charge in [-0.2, -0.15) is 0 Å². The first kappa shape index (κ1) is 15.2. The average Bonchev–Trinajstić information content (AvgIpc) is 3.04. The molecule has 0 saturated heterocycles. The van der Waals surface area contributed by atoms with E-state index >= 15 is 0 Å². The minimum Gasteiger partial charge on any atom is -0.484 e. The zero-order valence-electron chi connectivity index (χ0n) is 13.0. The van der Waals surface area contributed by atoms with Crippen LogP contribution in [0.2, 0.25) is 0 Å². The molecule has 120 valence electrons. The van der Waals surface area contributed by atoms with E-state index < -0.39 is 0 Å². The van der Waals surface area contributed by atoms with Gasteiger partial charge in [-0.1, -0.05) is 46.3 Å². The molecule has 0 atom stereocenters. The van der Waals surface area contributed by atoms with Crippen molar-refractivity contribution in [2.24, 2.45) is 0 Å². The number of ether oxygens (including phenoxy) is 1. The maximum absolute atomic E-state index is 12.5. The van der Waals surface area contributed by atoms with E-state index in [2.05, 4.69) is 28.1 Å². The second-order valence-corrected chi connectivity index (χ2v) is 6.78. The molecular formula is C20H16BrNO2. The highest BCUT2D eigenvalue weighted by atomic mass is 79.9. The Morgan fingerprint density at radius 1 is 1.04 bits per heavy atom. The maximum atomic E-state index is 12.5. The van der Waals surface area contributed by atoms with Crippen molar-refractivity contribution in [3.05, 3.63) is 70.7 Å². The molecule has 4 rings (SSSR count). The van der Waals surface area contributed by atoms with Gasteiger partial charge in [0.25, 0.3) is 5.91 Å². The summed E-state index contributed by atoms with van der Waals surface area (Å²) in [5, 5.41) is 2.23. The minimum absolute atomic E-state index is 0.00384. The molecule has 0 fully saturated rings. The monoisotopic (exact) mass is 381 g/mol. The Labute approximate surface area is 149 Å². The molecule has 4 heteroatoms. The Balaban J connectivity index is 1.47. The van der Waals surface area contributed by atoms with Crippen molar-refractivity contribution in [1.29, 1.82) is 0 Å². The summed E-state index contributed by atoms with van der Waals surface area (Å²) in [6.07, 6.45) is 0.909. The number of halogens is 1. The average molecular weight is 382 g/mol. The van der Waals surface area contributed by atoms with Crippen LogP contribution < -0.4 is 9.64 Å². The summed E-state index contributed by atoms with van der Waals surface area (Å²) in [6, 6.07) is 20.0. The lowest BCUT2D eigenvalue weighted by atomic mass is 10.1. The zero-order chi connectivity index (χ0) is 16.5. The molecule has 0 radical (unpaired) electrons. The van der Waals surface area contributed by atoms with Crippen molar-refractivity contribution >= 4 is 38.3 Å². The van der Waals surface area contributed by atoms with Crippen LogP contribution in [-0.4, -0.2) is 19.1 Å². The first-order chi connectivity index (χ1) is 11.7. The van der Waals surface area contributed by atoms with Crippen molar-refractivity contribution in [3.63, 3.8) is 0 Å². The maximum Gasteiger partial charge on any atom is 0.264 e. The zero-order valence-corrected chi connectivity index (χ0v) is 14.6. The fraction of sp³-hybridized carbons (Fsp3) is 0.150. The predicted molar refractivity (Wildman–Crippen MR) is 99.6 cm³/mol. The molecule has 24 heavy (non-hydrogen) atoms. The van der Waals surface area contributed by atoms with E-state index in [9.17, 15) is 4.79 Å². The third kappa shape index (κ3) is 2.89. The normalized spacial score (nSPS) is 13.1. The summed E-state index contributed by atoms with van der Waals surface area (Å²) in [6.45, 7) is 0.781. The molecule has 0 aromatic heterocycles. The summed E-state index contributed by atoms with van der Waals surface area (Å²) in [5.41, 5.74) is 2.23. The molecule has 0 bridgehead atoms. The molecular weight excluding hydrogens is 366 g/mol. The lowest BCUT2D eigenvalue weighted by Gasteiger charge is -2.17. The number of hydrogen-bond donors (Lipinski definition) is 0. The Morgan fingerprint density at radius 2 is 1.83 bits per heavy atom. The Bertz CT molecular complexity index is 922. The number of hydrogen-bond acceptors (Lipinski definition) is 2. The van der Waals surface area contributed by atoms with Crippen LogP contribution in [0.25, 0.3) is 10.8 Å². The molecule has 0 spiro atoms. The molecule has 3 nitrogen and oxygen atoms in total. The van der Waals surface area contributed by atoms with Gasteiger partial charge in [-0.05, 0) is 53.1 Å². The van der Waals surface area contributed by atoms with Gasteiger partial charge in [-0.3, -0.25) is 4.79 Å². The van der Waals surface area contributed by atoms with E-state index in [1.165, 1.54) is 5.56 Å². The van der Waals surface area contributed by atoms with E-state index in [-0.39, 0.29) is 12.5 Å². The number of benzene rings is 3. The summed E-state index contributed by atoms with van der Waals surface area (Å²) in [5.74, 6) is 0.710. The van der Waals surface area contributed by atoms with Crippen LogP contribution in [0.5, 0.6) is 5.75 Å². The van der Waals surface area contributed by atoms with Crippen LogP contribution in [0.3, 0.4) is 0 Å².